The number of amides is 1. The molecule has 0 aliphatic carbocycles. The molecule has 0 radical (unpaired) electrons. The molecule has 0 saturated carbocycles. The van der Waals surface area contributed by atoms with E-state index >= 15 is 0 Å². The van der Waals surface area contributed by atoms with Crippen LogP contribution in [0.4, 0.5) is 0 Å². The van der Waals surface area contributed by atoms with Crippen molar-refractivity contribution >= 4 is 5.91 Å². The average Bonchev–Trinajstić information content (AvgIpc) is 3.21. The highest BCUT2D eigenvalue weighted by molar-refractivity contribution is 5.78. The van der Waals surface area contributed by atoms with Crippen molar-refractivity contribution in [1.29, 1.82) is 0 Å². The molecule has 146 valence electrons. The van der Waals surface area contributed by atoms with E-state index in [1.165, 1.54) is 0 Å². The number of aliphatic hydroxyl groups excluding tert-OH is 1. The zero-order valence-corrected chi connectivity index (χ0v) is 15.7. The summed E-state index contributed by atoms with van der Waals surface area (Å²) in [5, 5.41) is 28.9. The standard InChI is InChI=1S/C20H23N5O3/c1-23-18(6-7-21-23)20(28)17-12-15-13-24(8-3-9-25(15)22-17)19(27)11-14-4-2-5-16(26)10-14/h2,4-7,10,12,20,26,28H,3,8-9,11,13H2,1H3. The van der Waals surface area contributed by atoms with Crippen LogP contribution in [0.3, 0.4) is 0 Å². The van der Waals surface area contributed by atoms with Gasteiger partial charge in [-0.25, -0.2) is 0 Å². The molecule has 1 aliphatic heterocycles. The van der Waals surface area contributed by atoms with E-state index < -0.39 is 6.10 Å². The van der Waals surface area contributed by atoms with Crippen molar-refractivity contribution in [3.63, 3.8) is 0 Å². The predicted molar refractivity (Wildman–Crippen MR) is 101 cm³/mol. The van der Waals surface area contributed by atoms with Gasteiger partial charge in [-0.3, -0.25) is 14.2 Å². The fourth-order valence-corrected chi connectivity index (χ4v) is 3.59. The van der Waals surface area contributed by atoms with E-state index in [1.807, 2.05) is 21.7 Å². The first-order chi connectivity index (χ1) is 13.5. The summed E-state index contributed by atoms with van der Waals surface area (Å²) in [5.41, 5.74) is 2.92. The van der Waals surface area contributed by atoms with Crippen LogP contribution in [0.15, 0.2) is 42.6 Å². The average molecular weight is 381 g/mol. The van der Waals surface area contributed by atoms with Crippen LogP contribution >= 0.6 is 0 Å². The summed E-state index contributed by atoms with van der Waals surface area (Å²) in [5.74, 6) is 0.169. The highest BCUT2D eigenvalue weighted by atomic mass is 16.3. The molecular formula is C20H23N5O3. The smallest absolute Gasteiger partial charge is 0.227 e. The summed E-state index contributed by atoms with van der Waals surface area (Å²) < 4.78 is 3.50. The molecule has 28 heavy (non-hydrogen) atoms. The predicted octanol–water partition coefficient (Wildman–Crippen LogP) is 1.38. The molecule has 8 heteroatoms. The van der Waals surface area contributed by atoms with E-state index in [0.29, 0.717) is 31.0 Å². The first-order valence-electron chi connectivity index (χ1n) is 9.29. The molecule has 1 amide bonds. The maximum atomic E-state index is 12.8. The molecule has 3 heterocycles. The van der Waals surface area contributed by atoms with Gasteiger partial charge in [-0.15, -0.1) is 0 Å². The topological polar surface area (TPSA) is 96.4 Å². The molecule has 0 bridgehead atoms. The van der Waals surface area contributed by atoms with Crippen LogP contribution in [0.1, 0.15) is 35.2 Å². The number of phenols is 1. The minimum absolute atomic E-state index is 0.00832. The van der Waals surface area contributed by atoms with Crippen LogP contribution in [0.2, 0.25) is 0 Å². The Morgan fingerprint density at radius 1 is 1.25 bits per heavy atom. The third-order valence-corrected chi connectivity index (χ3v) is 5.07. The Balaban J connectivity index is 1.51. The number of aliphatic hydroxyl groups is 1. The first-order valence-corrected chi connectivity index (χ1v) is 9.29. The first kappa shape index (κ1) is 18.2. The van der Waals surface area contributed by atoms with E-state index in [4.69, 9.17) is 0 Å². The molecule has 0 saturated heterocycles. The normalized spacial score (nSPS) is 15.1. The molecule has 2 N–H and O–H groups in total. The number of phenolic OH excluding ortho intramolecular Hbond substituents is 1. The van der Waals surface area contributed by atoms with Crippen molar-refractivity contribution in [2.24, 2.45) is 7.05 Å². The summed E-state index contributed by atoms with van der Waals surface area (Å²) in [6.07, 6.45) is 1.82. The summed E-state index contributed by atoms with van der Waals surface area (Å²) in [7, 11) is 1.78. The number of rotatable bonds is 4. The third-order valence-electron chi connectivity index (χ3n) is 5.07. The lowest BCUT2D eigenvalue weighted by Gasteiger charge is -2.20. The Bertz CT molecular complexity index is 993. The van der Waals surface area contributed by atoms with Crippen molar-refractivity contribution < 1.29 is 15.0 Å². The summed E-state index contributed by atoms with van der Waals surface area (Å²) in [6, 6.07) is 10.4. The lowest BCUT2D eigenvalue weighted by molar-refractivity contribution is -0.131. The largest absolute Gasteiger partial charge is 0.508 e. The van der Waals surface area contributed by atoms with Crippen LogP contribution in [-0.4, -0.2) is 47.1 Å². The van der Waals surface area contributed by atoms with Crippen molar-refractivity contribution in [1.82, 2.24) is 24.5 Å². The van der Waals surface area contributed by atoms with E-state index in [0.717, 1.165) is 17.7 Å². The van der Waals surface area contributed by atoms with Gasteiger partial charge in [-0.1, -0.05) is 12.1 Å². The number of aromatic hydroxyl groups is 1. The van der Waals surface area contributed by atoms with Gasteiger partial charge >= 0.3 is 0 Å². The molecule has 4 rings (SSSR count). The van der Waals surface area contributed by atoms with E-state index in [9.17, 15) is 15.0 Å². The highest BCUT2D eigenvalue weighted by Gasteiger charge is 2.24. The Morgan fingerprint density at radius 3 is 2.86 bits per heavy atom. The Kier molecular flexibility index (Phi) is 4.87. The third kappa shape index (κ3) is 3.63. The van der Waals surface area contributed by atoms with E-state index in [2.05, 4.69) is 10.2 Å². The van der Waals surface area contributed by atoms with Crippen LogP contribution in [0.5, 0.6) is 5.75 Å². The molecular weight excluding hydrogens is 358 g/mol. The molecule has 1 atom stereocenters. The number of carbonyl (C=O) groups is 1. The second kappa shape index (κ2) is 7.47. The Hall–Kier alpha value is -3.13. The zero-order chi connectivity index (χ0) is 19.7. The van der Waals surface area contributed by atoms with Crippen LogP contribution in [0.25, 0.3) is 0 Å². The molecule has 8 nitrogen and oxygen atoms in total. The SMILES string of the molecule is Cn1nccc1C(O)c1cc2n(n1)CCCN(C(=O)Cc1cccc(O)c1)C2. The van der Waals surface area contributed by atoms with Crippen LogP contribution < -0.4 is 0 Å². The van der Waals surface area contributed by atoms with Gasteiger partial charge in [-0.2, -0.15) is 10.2 Å². The molecule has 0 spiro atoms. The summed E-state index contributed by atoms with van der Waals surface area (Å²) in [4.78, 5) is 14.6. The van der Waals surface area contributed by atoms with Gasteiger partial charge in [0.2, 0.25) is 5.91 Å². The lowest BCUT2D eigenvalue weighted by atomic mass is 10.1. The highest BCUT2D eigenvalue weighted by Crippen LogP contribution is 2.23. The van der Waals surface area contributed by atoms with Gasteiger partial charge in [0.1, 0.15) is 11.9 Å². The van der Waals surface area contributed by atoms with Gasteiger partial charge in [0.05, 0.1) is 30.0 Å². The van der Waals surface area contributed by atoms with Crippen molar-refractivity contribution in [3.05, 3.63) is 65.2 Å². The quantitative estimate of drug-likeness (QED) is 0.712. The molecule has 0 fully saturated rings. The molecule has 1 aliphatic rings. The maximum absolute atomic E-state index is 12.8. The number of hydrogen-bond acceptors (Lipinski definition) is 5. The zero-order valence-electron chi connectivity index (χ0n) is 15.7. The second-order valence-corrected chi connectivity index (χ2v) is 7.08. The molecule has 1 unspecified atom stereocenters. The van der Waals surface area contributed by atoms with Gasteiger partial charge in [-0.05, 0) is 36.2 Å². The number of hydrogen-bond donors (Lipinski definition) is 2. The minimum Gasteiger partial charge on any atom is -0.508 e. The van der Waals surface area contributed by atoms with Crippen molar-refractivity contribution in [2.45, 2.75) is 32.0 Å². The number of aryl methyl sites for hydroxylation is 2. The van der Waals surface area contributed by atoms with Crippen molar-refractivity contribution in [3.8, 4) is 5.75 Å². The molecule has 1 aromatic carbocycles. The fourth-order valence-electron chi connectivity index (χ4n) is 3.59. The number of fused-ring (bicyclic) bond motifs is 1. The maximum Gasteiger partial charge on any atom is 0.227 e. The molecule has 2 aromatic heterocycles. The van der Waals surface area contributed by atoms with Gasteiger partial charge in [0, 0.05) is 26.3 Å². The van der Waals surface area contributed by atoms with Crippen LogP contribution in [0, 0.1) is 0 Å². The van der Waals surface area contributed by atoms with Gasteiger partial charge in [0.15, 0.2) is 0 Å². The number of aromatic nitrogens is 4. The fraction of sp³-hybridized carbons (Fsp3) is 0.350. The van der Waals surface area contributed by atoms with Gasteiger partial charge in [0.25, 0.3) is 0 Å². The van der Waals surface area contributed by atoms with Crippen molar-refractivity contribution in [2.75, 3.05) is 6.54 Å². The van der Waals surface area contributed by atoms with Crippen LogP contribution in [-0.2, 0) is 31.4 Å². The number of carbonyl (C=O) groups excluding carboxylic acids is 1. The Labute approximate surface area is 162 Å². The minimum atomic E-state index is -0.858. The number of benzene rings is 1. The molecule has 3 aromatic rings. The van der Waals surface area contributed by atoms with E-state index in [-0.39, 0.29) is 18.1 Å². The monoisotopic (exact) mass is 381 g/mol. The Morgan fingerprint density at radius 2 is 2.11 bits per heavy atom. The lowest BCUT2D eigenvalue weighted by Crippen LogP contribution is -2.32. The van der Waals surface area contributed by atoms with Gasteiger partial charge < -0.3 is 15.1 Å². The number of nitrogens with zero attached hydrogens (tertiary/aromatic N) is 5. The summed E-state index contributed by atoms with van der Waals surface area (Å²) >= 11 is 0. The summed E-state index contributed by atoms with van der Waals surface area (Å²) in [6.45, 7) is 1.80. The van der Waals surface area contributed by atoms with E-state index in [1.54, 1.807) is 42.2 Å². The second-order valence-electron chi connectivity index (χ2n) is 7.08.